The Morgan fingerprint density at radius 2 is 2.26 bits per heavy atom. The van der Waals surface area contributed by atoms with Gasteiger partial charge in [-0.2, -0.15) is 0 Å². The number of carbonyl (C=O) groups is 1. The maximum Gasteiger partial charge on any atom is 0.239 e. The van der Waals surface area contributed by atoms with Gasteiger partial charge in [0.15, 0.2) is 5.65 Å². The minimum atomic E-state index is -0.813. The molecule has 2 aromatic heterocycles. The molecule has 2 rings (SSSR count). The van der Waals surface area contributed by atoms with Crippen LogP contribution in [0.4, 0.5) is 0 Å². The summed E-state index contributed by atoms with van der Waals surface area (Å²) in [6.45, 7) is 4.13. The number of rotatable bonds is 5. The van der Waals surface area contributed by atoms with E-state index in [0.717, 1.165) is 11.5 Å². The minimum absolute atomic E-state index is 0.135. The normalized spacial score (nSPS) is 14.3. The van der Waals surface area contributed by atoms with Crippen molar-refractivity contribution in [2.24, 2.45) is 5.73 Å². The highest BCUT2D eigenvalue weighted by atomic mass is 16.2. The second-order valence-corrected chi connectivity index (χ2v) is 4.82. The lowest BCUT2D eigenvalue weighted by atomic mass is 10.00. The first kappa shape index (κ1) is 13.5. The number of nitrogens with one attached hydrogen (secondary N) is 1. The second-order valence-electron chi connectivity index (χ2n) is 4.82. The number of hydrogen-bond donors (Lipinski definition) is 2. The number of nitrogens with zero attached hydrogens (tertiary/aromatic N) is 3. The van der Waals surface area contributed by atoms with Crippen LogP contribution in [0.25, 0.3) is 5.65 Å². The molecule has 2 heterocycles. The summed E-state index contributed by atoms with van der Waals surface area (Å²) < 4.78 is 1.91. The maximum atomic E-state index is 11.8. The van der Waals surface area contributed by atoms with E-state index in [4.69, 9.17) is 5.73 Å². The standard InChI is InChI=1S/C13H19N5O/c1-3-13(2,14)12(19)15-8-7-11-17-16-10-6-4-5-9-18(10)11/h4-6,9H,3,7-8,14H2,1-2H3,(H,15,19). The van der Waals surface area contributed by atoms with Gasteiger partial charge in [-0.15, -0.1) is 10.2 Å². The third-order valence-electron chi connectivity index (χ3n) is 3.27. The zero-order chi connectivity index (χ0) is 13.9. The summed E-state index contributed by atoms with van der Waals surface area (Å²) in [6, 6.07) is 5.73. The molecule has 6 heteroatoms. The Bertz CT molecular complexity index is 575. The number of carbonyl (C=O) groups excluding carboxylic acids is 1. The number of nitrogens with two attached hydrogens (primary N) is 1. The van der Waals surface area contributed by atoms with Gasteiger partial charge < -0.3 is 11.1 Å². The van der Waals surface area contributed by atoms with Crippen LogP contribution in [0.3, 0.4) is 0 Å². The van der Waals surface area contributed by atoms with Crippen LogP contribution in [0.2, 0.25) is 0 Å². The third-order valence-corrected chi connectivity index (χ3v) is 3.27. The number of hydrogen-bond acceptors (Lipinski definition) is 4. The highest BCUT2D eigenvalue weighted by Crippen LogP contribution is 2.05. The first-order valence-electron chi connectivity index (χ1n) is 6.40. The number of pyridine rings is 1. The van der Waals surface area contributed by atoms with Gasteiger partial charge in [-0.1, -0.05) is 13.0 Å². The van der Waals surface area contributed by atoms with Crippen molar-refractivity contribution in [1.29, 1.82) is 0 Å². The van der Waals surface area contributed by atoms with Gasteiger partial charge in [0, 0.05) is 19.2 Å². The second kappa shape index (κ2) is 5.36. The lowest BCUT2D eigenvalue weighted by Crippen LogP contribution is -2.51. The quantitative estimate of drug-likeness (QED) is 0.821. The van der Waals surface area contributed by atoms with Gasteiger partial charge in [0.25, 0.3) is 0 Å². The van der Waals surface area contributed by atoms with E-state index in [0.29, 0.717) is 19.4 Å². The molecule has 0 bridgehead atoms. The molecule has 0 radical (unpaired) electrons. The van der Waals surface area contributed by atoms with E-state index in [9.17, 15) is 4.79 Å². The highest BCUT2D eigenvalue weighted by molar-refractivity contribution is 5.85. The van der Waals surface area contributed by atoms with E-state index in [1.54, 1.807) is 6.92 Å². The fourth-order valence-electron chi connectivity index (χ4n) is 1.71. The molecule has 0 spiro atoms. The minimum Gasteiger partial charge on any atom is -0.354 e. The Kier molecular flexibility index (Phi) is 3.80. The topological polar surface area (TPSA) is 85.3 Å². The van der Waals surface area contributed by atoms with Gasteiger partial charge in [0.2, 0.25) is 5.91 Å². The molecule has 0 aliphatic carbocycles. The van der Waals surface area contributed by atoms with E-state index in [1.807, 2.05) is 35.7 Å². The van der Waals surface area contributed by atoms with Gasteiger partial charge in [0.05, 0.1) is 5.54 Å². The number of aromatic nitrogens is 3. The molecule has 2 aromatic rings. The monoisotopic (exact) mass is 261 g/mol. The Morgan fingerprint density at radius 1 is 1.47 bits per heavy atom. The van der Waals surface area contributed by atoms with Crippen LogP contribution in [0.5, 0.6) is 0 Å². The van der Waals surface area contributed by atoms with Gasteiger partial charge in [0.1, 0.15) is 5.82 Å². The molecule has 3 N–H and O–H groups in total. The average Bonchev–Trinajstić information content (AvgIpc) is 2.82. The summed E-state index contributed by atoms with van der Waals surface area (Å²) in [4.78, 5) is 11.8. The predicted molar refractivity (Wildman–Crippen MR) is 72.6 cm³/mol. The fourth-order valence-corrected chi connectivity index (χ4v) is 1.71. The van der Waals surface area contributed by atoms with Crippen molar-refractivity contribution in [3.8, 4) is 0 Å². The SMILES string of the molecule is CCC(C)(N)C(=O)NCCc1nnc2ccccn12. The van der Waals surface area contributed by atoms with E-state index in [1.165, 1.54) is 0 Å². The summed E-state index contributed by atoms with van der Waals surface area (Å²) in [7, 11) is 0. The van der Waals surface area contributed by atoms with Crippen LogP contribution in [0.1, 0.15) is 26.1 Å². The Hall–Kier alpha value is -1.95. The van der Waals surface area contributed by atoms with Crippen LogP contribution >= 0.6 is 0 Å². The lowest BCUT2D eigenvalue weighted by molar-refractivity contribution is -0.125. The lowest BCUT2D eigenvalue weighted by Gasteiger charge is -2.21. The van der Waals surface area contributed by atoms with Crippen LogP contribution in [-0.2, 0) is 11.2 Å². The van der Waals surface area contributed by atoms with Crippen molar-refractivity contribution >= 4 is 11.6 Å². The zero-order valence-corrected chi connectivity index (χ0v) is 11.3. The molecule has 0 aliphatic heterocycles. The average molecular weight is 261 g/mol. The van der Waals surface area contributed by atoms with Gasteiger partial charge in [-0.25, -0.2) is 0 Å². The van der Waals surface area contributed by atoms with Crippen molar-refractivity contribution in [2.45, 2.75) is 32.2 Å². The zero-order valence-electron chi connectivity index (χ0n) is 11.3. The highest BCUT2D eigenvalue weighted by Gasteiger charge is 2.25. The Labute approximate surface area is 112 Å². The van der Waals surface area contributed by atoms with Crippen LogP contribution < -0.4 is 11.1 Å². The molecule has 0 saturated carbocycles. The molecule has 19 heavy (non-hydrogen) atoms. The molecular weight excluding hydrogens is 242 g/mol. The Balaban J connectivity index is 1.95. The van der Waals surface area contributed by atoms with E-state index < -0.39 is 5.54 Å². The molecule has 0 aromatic carbocycles. The largest absolute Gasteiger partial charge is 0.354 e. The molecule has 1 unspecified atom stereocenters. The van der Waals surface area contributed by atoms with Crippen molar-refractivity contribution in [1.82, 2.24) is 19.9 Å². The van der Waals surface area contributed by atoms with Crippen LogP contribution in [0.15, 0.2) is 24.4 Å². The first-order chi connectivity index (χ1) is 9.04. The molecule has 102 valence electrons. The van der Waals surface area contributed by atoms with Crippen molar-refractivity contribution in [3.05, 3.63) is 30.2 Å². The summed E-state index contributed by atoms with van der Waals surface area (Å²) in [5.74, 6) is 0.690. The first-order valence-corrected chi connectivity index (χ1v) is 6.40. The molecule has 1 amide bonds. The van der Waals surface area contributed by atoms with Crippen LogP contribution in [0, 0.1) is 0 Å². The van der Waals surface area contributed by atoms with E-state index in [-0.39, 0.29) is 5.91 Å². The number of amides is 1. The van der Waals surface area contributed by atoms with Gasteiger partial charge in [-0.3, -0.25) is 9.20 Å². The smallest absolute Gasteiger partial charge is 0.239 e. The van der Waals surface area contributed by atoms with Crippen LogP contribution in [-0.4, -0.2) is 32.6 Å². The van der Waals surface area contributed by atoms with Crippen molar-refractivity contribution in [2.75, 3.05) is 6.54 Å². The predicted octanol–water partition coefficient (Wildman–Crippen LogP) is 0.515. The molecule has 0 aliphatic rings. The maximum absolute atomic E-state index is 11.8. The molecule has 0 fully saturated rings. The summed E-state index contributed by atoms with van der Waals surface area (Å²) >= 11 is 0. The molecule has 6 nitrogen and oxygen atoms in total. The third kappa shape index (κ3) is 2.90. The number of fused-ring (bicyclic) bond motifs is 1. The fraction of sp³-hybridized carbons (Fsp3) is 0.462. The summed E-state index contributed by atoms with van der Waals surface area (Å²) in [6.07, 6.45) is 3.13. The molecule has 1 atom stereocenters. The molecule has 0 saturated heterocycles. The van der Waals surface area contributed by atoms with Gasteiger partial charge >= 0.3 is 0 Å². The summed E-state index contributed by atoms with van der Waals surface area (Å²) in [5, 5.41) is 11.0. The Morgan fingerprint density at radius 3 is 3.00 bits per heavy atom. The van der Waals surface area contributed by atoms with E-state index in [2.05, 4.69) is 15.5 Å². The van der Waals surface area contributed by atoms with E-state index >= 15 is 0 Å². The van der Waals surface area contributed by atoms with Crippen molar-refractivity contribution < 1.29 is 4.79 Å². The van der Waals surface area contributed by atoms with Crippen molar-refractivity contribution in [3.63, 3.8) is 0 Å². The summed E-state index contributed by atoms with van der Waals surface area (Å²) in [5.41, 5.74) is 5.86. The molecular formula is C13H19N5O. The van der Waals surface area contributed by atoms with Gasteiger partial charge in [-0.05, 0) is 25.5 Å².